The van der Waals surface area contributed by atoms with Crippen LogP contribution in [0.2, 0.25) is 5.02 Å². The fourth-order valence-electron chi connectivity index (χ4n) is 3.59. The number of carboxylic acid groups (broad SMARTS) is 1. The number of pyridine rings is 1. The van der Waals surface area contributed by atoms with Gasteiger partial charge in [0.25, 0.3) is 0 Å². The molecule has 0 saturated heterocycles. The molecular weight excluding hydrogens is 438 g/mol. The summed E-state index contributed by atoms with van der Waals surface area (Å²) in [4.78, 5) is 30.7. The van der Waals surface area contributed by atoms with E-state index in [1.807, 2.05) is 0 Å². The van der Waals surface area contributed by atoms with E-state index in [0.717, 1.165) is 0 Å². The number of ketones is 1. The van der Waals surface area contributed by atoms with Gasteiger partial charge in [0.05, 0.1) is 5.60 Å². The van der Waals surface area contributed by atoms with Crippen molar-refractivity contribution in [3.8, 4) is 11.1 Å². The Kier molecular flexibility index (Phi) is 4.46. The lowest BCUT2D eigenvalue weighted by Crippen LogP contribution is -2.29. The second-order valence-electron chi connectivity index (χ2n) is 8.62. The molecule has 2 aromatic rings. The molecule has 0 radical (unpaired) electrons. The van der Waals surface area contributed by atoms with E-state index >= 15 is 0 Å². The van der Waals surface area contributed by atoms with E-state index in [1.54, 1.807) is 32.9 Å². The summed E-state index contributed by atoms with van der Waals surface area (Å²) in [7, 11) is 0. The summed E-state index contributed by atoms with van der Waals surface area (Å²) in [5, 5.41) is 10.5. The molecule has 0 spiro atoms. The maximum Gasteiger partial charge on any atom is 0.337 e. The molecule has 0 bridgehead atoms. The maximum atomic E-state index is 13.9. The zero-order valence-corrected chi connectivity index (χ0v) is 19.8. The van der Waals surface area contributed by atoms with E-state index < -0.39 is 73.3 Å². The third-order valence-electron chi connectivity index (χ3n) is 4.91. The number of carbonyl (C=O) groups is 2. The number of hydrogen-bond donors (Lipinski definition) is 1. The van der Waals surface area contributed by atoms with E-state index in [0.29, 0.717) is 10.6 Å². The normalized spacial score (nSPS) is 29.5. The monoisotopic (exact) mass is 482 g/mol. The second kappa shape index (κ2) is 10.4. The van der Waals surface area contributed by atoms with Gasteiger partial charge >= 0.3 is 5.97 Å². The Hall–Kier alpha value is -2.24. The minimum atomic E-state index is -3.74. The molecular formula is C27H34ClNO4. The molecule has 0 amide bonds. The van der Waals surface area contributed by atoms with Gasteiger partial charge in [-0.25, -0.2) is 9.78 Å². The molecule has 0 aliphatic heterocycles. The third-order valence-corrected chi connectivity index (χ3v) is 5.16. The van der Waals surface area contributed by atoms with Crippen LogP contribution in [0.4, 0.5) is 0 Å². The van der Waals surface area contributed by atoms with Crippen LogP contribution in [0.15, 0.2) is 24.3 Å². The Morgan fingerprint density at radius 3 is 2.36 bits per heavy atom. The molecule has 1 saturated carbocycles. The smallest absolute Gasteiger partial charge is 0.337 e. The topological polar surface area (TPSA) is 76.5 Å². The average Bonchev–Trinajstić information content (AvgIpc) is 2.87. The number of halogens is 1. The van der Waals surface area contributed by atoms with Gasteiger partial charge < -0.3 is 9.84 Å². The van der Waals surface area contributed by atoms with Gasteiger partial charge in [0, 0.05) is 37.8 Å². The molecule has 1 atom stereocenters. The predicted molar refractivity (Wildman–Crippen MR) is 131 cm³/mol. The molecule has 3 rings (SSSR count). The maximum absolute atomic E-state index is 13.9. The number of aryl methyl sites for hydroxylation is 1. The number of ether oxygens (including phenoxy) is 1. The van der Waals surface area contributed by atoms with Gasteiger partial charge in [-0.1, -0.05) is 55.6 Å². The number of hydrogen-bond acceptors (Lipinski definition) is 4. The summed E-state index contributed by atoms with van der Waals surface area (Å²) in [5.74, 6) is -5.99. The fourth-order valence-corrected chi connectivity index (χ4v) is 3.71. The van der Waals surface area contributed by atoms with Gasteiger partial charge in [0.2, 0.25) is 0 Å². The molecule has 1 N–H and O–H groups in total. The van der Waals surface area contributed by atoms with Crippen LogP contribution >= 0.6 is 11.6 Å². The number of nitrogens with zero attached hydrogens (tertiary/aromatic N) is 1. The zero-order valence-electron chi connectivity index (χ0n) is 30.1. The second-order valence-corrected chi connectivity index (χ2v) is 9.05. The summed E-state index contributed by atoms with van der Waals surface area (Å²) in [6, 6.07) is 6.18. The average molecular weight is 483 g/mol. The molecule has 0 unspecified atom stereocenters. The van der Waals surface area contributed by atoms with E-state index in [9.17, 15) is 14.7 Å². The SMILES string of the molecule is [2H]C1([2H])C([2H])([2H])C([2H])([2H])C([2H])(CC(=O)c2nc(C)c([C@H](OC(C)(C)C)C(=O)O)c(-c3ccc(Cl)cc3)c2C)C([2H])([2H])C1([2H])[2H]. The van der Waals surface area contributed by atoms with Crippen molar-refractivity contribution in [3.05, 3.63) is 51.8 Å². The minimum absolute atomic E-state index is 0.0104. The summed E-state index contributed by atoms with van der Waals surface area (Å²) >= 11 is 6.07. The number of benzene rings is 1. The molecule has 1 fully saturated rings. The van der Waals surface area contributed by atoms with Gasteiger partial charge in [0.15, 0.2) is 11.9 Å². The van der Waals surface area contributed by atoms with Crippen molar-refractivity contribution in [3.63, 3.8) is 0 Å². The van der Waals surface area contributed by atoms with Crippen molar-refractivity contribution in [2.45, 2.75) is 84.6 Å². The van der Waals surface area contributed by atoms with Gasteiger partial charge in [-0.3, -0.25) is 4.79 Å². The summed E-state index contributed by atoms with van der Waals surface area (Å²) in [5.41, 5.74) is -0.592. The summed E-state index contributed by atoms with van der Waals surface area (Å²) < 4.78 is 97.2. The molecule has 1 aliphatic rings. The van der Waals surface area contributed by atoms with Crippen molar-refractivity contribution in [1.82, 2.24) is 4.98 Å². The van der Waals surface area contributed by atoms with Gasteiger partial charge in [0.1, 0.15) is 5.69 Å². The number of aromatic nitrogens is 1. The Balaban J connectivity index is 2.32. The third kappa shape index (κ3) is 6.21. The molecule has 1 aromatic heterocycles. The van der Waals surface area contributed by atoms with E-state index in [4.69, 9.17) is 31.4 Å². The number of Topliss-reactive ketones (excluding diaryl/α,β-unsaturated/α-hetero) is 1. The van der Waals surface area contributed by atoms with Crippen LogP contribution in [0.3, 0.4) is 0 Å². The molecule has 1 aromatic carbocycles. The van der Waals surface area contributed by atoms with E-state index in [2.05, 4.69) is 4.98 Å². The number of rotatable bonds is 7. The lowest BCUT2D eigenvalue weighted by molar-refractivity contribution is -0.160. The largest absolute Gasteiger partial charge is 0.479 e. The Labute approximate surface area is 217 Å². The minimum Gasteiger partial charge on any atom is -0.479 e. The van der Waals surface area contributed by atoms with Crippen molar-refractivity contribution < 1.29 is 34.5 Å². The highest BCUT2D eigenvalue weighted by atomic mass is 35.5. The highest BCUT2D eigenvalue weighted by Gasteiger charge is 2.33. The van der Waals surface area contributed by atoms with E-state index in [1.165, 1.54) is 26.0 Å². The first-order valence-electron chi connectivity index (χ1n) is 15.8. The standard InChI is InChI=1S/C27H34ClNO4/c1-16-22(19-11-13-20(28)14-12-19)23(25(26(31)32)33-27(3,4)5)17(2)29-24(16)21(30)15-18-9-7-6-8-10-18/h11-14,18,25H,6-10,15H2,1-5H3,(H,31,32)/t25-/m0/s1/i6D2,7D2,8D2,9D2,10D2,18D. The van der Waals surface area contributed by atoms with Crippen LogP contribution in [-0.2, 0) is 9.53 Å². The van der Waals surface area contributed by atoms with Crippen molar-refractivity contribution in [2.75, 3.05) is 0 Å². The summed E-state index contributed by atoms with van der Waals surface area (Å²) in [6.45, 7) is 7.78. The van der Waals surface area contributed by atoms with Crippen molar-refractivity contribution >= 4 is 23.4 Å². The van der Waals surface area contributed by atoms with Crippen LogP contribution in [0.1, 0.15) is 108 Å². The molecule has 1 aliphatic carbocycles. The van der Waals surface area contributed by atoms with Crippen LogP contribution in [-0.4, -0.2) is 27.4 Å². The van der Waals surface area contributed by atoms with Crippen molar-refractivity contribution in [2.24, 2.45) is 5.89 Å². The van der Waals surface area contributed by atoms with Crippen LogP contribution in [0.25, 0.3) is 11.1 Å². The molecule has 33 heavy (non-hydrogen) atoms. The molecule has 178 valence electrons. The van der Waals surface area contributed by atoms with Crippen LogP contribution in [0.5, 0.6) is 0 Å². The lowest BCUT2D eigenvalue weighted by Gasteiger charge is -2.29. The highest BCUT2D eigenvalue weighted by Crippen LogP contribution is 2.39. The zero-order chi connectivity index (χ0) is 34.2. The first kappa shape index (κ1) is 14.2. The van der Waals surface area contributed by atoms with Gasteiger partial charge in [-0.2, -0.15) is 0 Å². The Bertz CT molecular complexity index is 1460. The van der Waals surface area contributed by atoms with Crippen LogP contribution < -0.4 is 0 Å². The van der Waals surface area contributed by atoms with E-state index in [-0.39, 0.29) is 22.4 Å². The quantitative estimate of drug-likeness (QED) is 0.425. The summed E-state index contributed by atoms with van der Waals surface area (Å²) in [6.07, 6.45) is -21.6. The van der Waals surface area contributed by atoms with Crippen LogP contribution in [0, 0.1) is 19.7 Å². The molecule has 1 heterocycles. The predicted octanol–water partition coefficient (Wildman–Crippen LogP) is 7.11. The highest BCUT2D eigenvalue weighted by molar-refractivity contribution is 6.30. The Morgan fingerprint density at radius 2 is 1.82 bits per heavy atom. The Morgan fingerprint density at radius 1 is 1.21 bits per heavy atom. The molecule has 5 nitrogen and oxygen atoms in total. The van der Waals surface area contributed by atoms with Gasteiger partial charge in [-0.05, 0) is 69.3 Å². The first-order valence-corrected chi connectivity index (χ1v) is 10.7. The number of aliphatic carboxylic acids is 1. The number of carboxylic acids is 1. The molecule has 6 heteroatoms. The fraction of sp³-hybridized carbons (Fsp3) is 0.519. The van der Waals surface area contributed by atoms with Crippen molar-refractivity contribution in [1.29, 1.82) is 0 Å². The van der Waals surface area contributed by atoms with Gasteiger partial charge in [-0.15, -0.1) is 0 Å². The first-order chi connectivity index (χ1) is 19.6. The number of carbonyl (C=O) groups excluding carboxylic acids is 1. The lowest BCUT2D eigenvalue weighted by atomic mass is 9.83.